The Kier molecular flexibility index (Phi) is 6.32. The van der Waals surface area contributed by atoms with E-state index in [0.29, 0.717) is 12.2 Å². The quantitative estimate of drug-likeness (QED) is 0.613. The highest BCUT2D eigenvalue weighted by molar-refractivity contribution is 5.57. The van der Waals surface area contributed by atoms with Gasteiger partial charge < -0.3 is 5.11 Å². The number of benzene rings is 2. The zero-order valence-electron chi connectivity index (χ0n) is 18.4. The molecule has 5 rings (SSSR count). The summed E-state index contributed by atoms with van der Waals surface area (Å²) in [5.74, 6) is 0.447. The Labute approximate surface area is 188 Å². The van der Waals surface area contributed by atoms with Crippen LogP contribution in [0.4, 0.5) is 4.39 Å². The minimum absolute atomic E-state index is 0.149. The Bertz CT molecular complexity index is 1000. The lowest BCUT2D eigenvalue weighted by atomic mass is 9.85. The predicted molar refractivity (Wildman–Crippen MR) is 122 cm³/mol. The van der Waals surface area contributed by atoms with Gasteiger partial charge in [-0.25, -0.2) is 9.07 Å². The van der Waals surface area contributed by atoms with Gasteiger partial charge in [0.05, 0.1) is 18.3 Å². The minimum atomic E-state index is -0.513. The van der Waals surface area contributed by atoms with Gasteiger partial charge in [0.15, 0.2) is 0 Å². The van der Waals surface area contributed by atoms with E-state index in [1.165, 1.54) is 49.8 Å². The average Bonchev–Trinajstić information content (AvgIpc) is 3.31. The predicted octanol–water partition coefficient (Wildman–Crippen LogP) is 5.01. The summed E-state index contributed by atoms with van der Waals surface area (Å²) in [5, 5.41) is 19.8. The van der Waals surface area contributed by atoms with Crippen molar-refractivity contribution in [2.45, 2.75) is 56.7 Å². The molecule has 2 heterocycles. The van der Waals surface area contributed by atoms with Crippen LogP contribution in [-0.4, -0.2) is 44.2 Å². The number of aliphatic hydroxyl groups excluding tert-OH is 1. The molecule has 1 saturated carbocycles. The molecule has 2 aromatic carbocycles. The lowest BCUT2D eigenvalue weighted by Gasteiger charge is -2.44. The van der Waals surface area contributed by atoms with Crippen molar-refractivity contribution < 1.29 is 9.50 Å². The Morgan fingerprint density at radius 3 is 2.47 bits per heavy atom. The molecule has 3 atom stereocenters. The molecular weight excluding hydrogens is 403 g/mol. The highest BCUT2D eigenvalue weighted by Gasteiger charge is 2.38. The van der Waals surface area contributed by atoms with Crippen LogP contribution in [0.1, 0.15) is 56.2 Å². The van der Waals surface area contributed by atoms with Crippen LogP contribution in [0.3, 0.4) is 0 Å². The first-order valence-electron chi connectivity index (χ1n) is 11.8. The lowest BCUT2D eigenvalue weighted by molar-refractivity contribution is -0.0181. The Morgan fingerprint density at radius 2 is 1.72 bits per heavy atom. The van der Waals surface area contributed by atoms with Crippen molar-refractivity contribution in [3.8, 4) is 11.3 Å². The number of β-amino-alcohol motifs (C(OH)–C–C–N with tert-alkyl or cyclic N) is 1. The molecule has 0 amide bonds. The topological polar surface area (TPSA) is 54.2 Å². The number of halogens is 1. The third-order valence-electron chi connectivity index (χ3n) is 7.16. The van der Waals surface area contributed by atoms with E-state index < -0.39 is 6.10 Å². The fourth-order valence-electron chi connectivity index (χ4n) is 5.43. The Balaban J connectivity index is 1.38. The maximum atomic E-state index is 13.3. The lowest BCUT2D eigenvalue weighted by Crippen LogP contribution is -2.48. The molecule has 1 aliphatic carbocycles. The van der Waals surface area contributed by atoms with Gasteiger partial charge in [0, 0.05) is 24.7 Å². The minimum Gasteiger partial charge on any atom is -0.390 e. The maximum absolute atomic E-state index is 13.3. The van der Waals surface area contributed by atoms with Crippen LogP contribution < -0.4 is 0 Å². The summed E-state index contributed by atoms with van der Waals surface area (Å²) in [6.07, 6.45) is 8.73. The third kappa shape index (κ3) is 4.62. The van der Waals surface area contributed by atoms with Gasteiger partial charge in [0.25, 0.3) is 0 Å². The van der Waals surface area contributed by atoms with E-state index >= 15 is 0 Å². The number of rotatable bonds is 5. The summed E-state index contributed by atoms with van der Waals surface area (Å²) in [6.45, 7) is 1.67. The molecule has 0 radical (unpaired) electrons. The maximum Gasteiger partial charge on any atom is 0.123 e. The van der Waals surface area contributed by atoms with Crippen LogP contribution in [0, 0.1) is 11.7 Å². The van der Waals surface area contributed by atoms with E-state index in [-0.39, 0.29) is 17.9 Å². The second-order valence-corrected chi connectivity index (χ2v) is 9.35. The van der Waals surface area contributed by atoms with E-state index in [0.717, 1.165) is 24.4 Å². The van der Waals surface area contributed by atoms with Crippen LogP contribution in [-0.2, 0) is 0 Å². The molecule has 3 unspecified atom stereocenters. The number of aliphatic hydroxyl groups is 1. The molecule has 2 fully saturated rings. The molecule has 1 aromatic heterocycles. The van der Waals surface area contributed by atoms with E-state index in [4.69, 9.17) is 0 Å². The SMILES string of the molecule is OC1CN(CC2CCCCC2)C(c2ccccc2)CC1n1cc(-c2ccc(F)cc2)nn1. The van der Waals surface area contributed by atoms with Crippen molar-refractivity contribution in [1.82, 2.24) is 19.9 Å². The van der Waals surface area contributed by atoms with Crippen molar-refractivity contribution in [3.63, 3.8) is 0 Å². The van der Waals surface area contributed by atoms with E-state index in [9.17, 15) is 9.50 Å². The first-order chi connectivity index (χ1) is 15.7. The van der Waals surface area contributed by atoms with Gasteiger partial charge in [-0.3, -0.25) is 4.90 Å². The molecule has 6 heteroatoms. The number of hydrogen-bond donors (Lipinski definition) is 1. The molecule has 168 valence electrons. The summed E-state index contributed by atoms with van der Waals surface area (Å²) in [5.41, 5.74) is 2.80. The standard InChI is InChI=1S/C26H31FN4O/c27-22-13-11-20(12-14-22)23-17-31(29-28-23)25-15-24(21-9-5-2-6-10-21)30(18-26(25)32)16-19-7-3-1-4-8-19/h2,5-6,9-14,17,19,24-26,32H,1,3-4,7-8,15-16,18H2. The molecule has 32 heavy (non-hydrogen) atoms. The summed E-state index contributed by atoms with van der Waals surface area (Å²) >= 11 is 0. The molecule has 1 aliphatic heterocycles. The van der Waals surface area contributed by atoms with Crippen LogP contribution in [0.15, 0.2) is 60.8 Å². The first-order valence-corrected chi connectivity index (χ1v) is 11.8. The molecule has 2 aliphatic rings. The molecule has 1 N–H and O–H groups in total. The van der Waals surface area contributed by atoms with Gasteiger partial charge in [-0.05, 0) is 55.0 Å². The Hall–Kier alpha value is -2.57. The van der Waals surface area contributed by atoms with Crippen LogP contribution >= 0.6 is 0 Å². The van der Waals surface area contributed by atoms with E-state index in [2.05, 4.69) is 45.5 Å². The normalized spacial score (nSPS) is 25.1. The summed E-state index contributed by atoms with van der Waals surface area (Å²) < 4.78 is 15.1. The second-order valence-electron chi connectivity index (χ2n) is 9.35. The largest absolute Gasteiger partial charge is 0.390 e. The third-order valence-corrected chi connectivity index (χ3v) is 7.16. The van der Waals surface area contributed by atoms with Gasteiger partial charge >= 0.3 is 0 Å². The summed E-state index contributed by atoms with van der Waals surface area (Å²) in [4.78, 5) is 2.49. The van der Waals surface area contributed by atoms with Gasteiger partial charge in [0.2, 0.25) is 0 Å². The van der Waals surface area contributed by atoms with Gasteiger partial charge in [-0.1, -0.05) is 54.8 Å². The van der Waals surface area contributed by atoms with Gasteiger partial charge in [-0.15, -0.1) is 5.10 Å². The molecule has 5 nitrogen and oxygen atoms in total. The van der Waals surface area contributed by atoms with E-state index in [1.807, 2.05) is 6.20 Å². The average molecular weight is 435 g/mol. The van der Waals surface area contributed by atoms with Crippen molar-refractivity contribution in [1.29, 1.82) is 0 Å². The van der Waals surface area contributed by atoms with Crippen LogP contribution in [0.25, 0.3) is 11.3 Å². The van der Waals surface area contributed by atoms with Crippen molar-refractivity contribution in [2.24, 2.45) is 5.92 Å². The molecular formula is C26H31FN4O. The highest BCUT2D eigenvalue weighted by atomic mass is 19.1. The molecule has 1 saturated heterocycles. The summed E-state index contributed by atoms with van der Waals surface area (Å²) in [6, 6.07) is 17.0. The zero-order chi connectivity index (χ0) is 21.9. The molecule has 0 bridgehead atoms. The zero-order valence-corrected chi connectivity index (χ0v) is 18.4. The second kappa shape index (κ2) is 9.51. The van der Waals surface area contributed by atoms with Crippen LogP contribution in [0.5, 0.6) is 0 Å². The number of likely N-dealkylation sites (tertiary alicyclic amines) is 1. The number of aromatic nitrogens is 3. The molecule has 3 aromatic rings. The van der Waals surface area contributed by atoms with Gasteiger partial charge in [0.1, 0.15) is 11.5 Å². The number of piperidine rings is 1. The number of hydrogen-bond acceptors (Lipinski definition) is 4. The Morgan fingerprint density at radius 1 is 0.969 bits per heavy atom. The van der Waals surface area contributed by atoms with Crippen molar-refractivity contribution in [3.05, 3.63) is 72.2 Å². The monoisotopic (exact) mass is 434 g/mol. The fourth-order valence-corrected chi connectivity index (χ4v) is 5.43. The molecule has 0 spiro atoms. The van der Waals surface area contributed by atoms with Crippen molar-refractivity contribution in [2.75, 3.05) is 13.1 Å². The smallest absolute Gasteiger partial charge is 0.123 e. The fraction of sp³-hybridized carbons (Fsp3) is 0.462. The first kappa shape index (κ1) is 21.3. The number of nitrogens with zero attached hydrogens (tertiary/aromatic N) is 4. The van der Waals surface area contributed by atoms with Crippen molar-refractivity contribution >= 4 is 0 Å². The highest BCUT2D eigenvalue weighted by Crippen LogP contribution is 2.38. The van der Waals surface area contributed by atoms with Crippen LogP contribution in [0.2, 0.25) is 0 Å². The summed E-state index contributed by atoms with van der Waals surface area (Å²) in [7, 11) is 0. The van der Waals surface area contributed by atoms with Gasteiger partial charge in [-0.2, -0.15) is 0 Å². The van der Waals surface area contributed by atoms with E-state index in [1.54, 1.807) is 16.8 Å².